The number of halogens is 1. The standard InChI is InChI=1S/C23H27NO4.ClHO4/c1-16(2)27-13-5-12-24-21-15-23(17-6-8-18(25-3)9-7-17)28-22-11-10-19(26-4)14-20(21)22;2-1(3,4)5/h6-11,14-16H,5,12-13H2,1-4H3;(H,2,3,4,5). The van der Waals surface area contributed by atoms with E-state index in [9.17, 15) is 0 Å². The normalized spacial score (nSPS) is 12.0. The van der Waals surface area contributed by atoms with Gasteiger partial charge in [0, 0.05) is 12.0 Å². The number of rotatable bonds is 8. The summed E-state index contributed by atoms with van der Waals surface area (Å²) in [4.78, 5) is 3.53. The summed E-state index contributed by atoms with van der Waals surface area (Å²) < 4.78 is 56.4. The third-order valence-electron chi connectivity index (χ3n) is 4.43. The van der Waals surface area contributed by atoms with Gasteiger partial charge in [-0.1, -0.05) is 0 Å². The first kappa shape index (κ1) is 26.6. The summed E-state index contributed by atoms with van der Waals surface area (Å²) in [5.74, 6) is 2.41. The summed E-state index contributed by atoms with van der Waals surface area (Å²) in [5, 5.41) is 2.00. The lowest BCUT2D eigenvalue weighted by atomic mass is 10.1. The lowest BCUT2D eigenvalue weighted by molar-refractivity contribution is -2.00. The van der Waals surface area contributed by atoms with Crippen LogP contribution < -0.4 is 38.5 Å². The van der Waals surface area contributed by atoms with Crippen LogP contribution in [0.4, 0.5) is 0 Å². The number of ether oxygens (including phenoxy) is 3. The van der Waals surface area contributed by atoms with Crippen molar-refractivity contribution >= 4 is 11.0 Å². The summed E-state index contributed by atoms with van der Waals surface area (Å²) >= 11 is 0. The molecule has 0 fully saturated rings. The first-order valence-corrected chi connectivity index (χ1v) is 11.4. The van der Waals surface area contributed by atoms with E-state index in [1.165, 1.54) is 0 Å². The first-order valence-electron chi connectivity index (χ1n) is 10.2. The molecule has 0 aliphatic heterocycles. The van der Waals surface area contributed by atoms with Crippen LogP contribution in [0.3, 0.4) is 0 Å². The van der Waals surface area contributed by atoms with Gasteiger partial charge in [-0.3, -0.25) is 0 Å². The topological polar surface area (TPSA) is 147 Å². The van der Waals surface area contributed by atoms with Crippen LogP contribution in [0.5, 0.6) is 11.5 Å². The van der Waals surface area contributed by atoms with Gasteiger partial charge < -0.3 is 18.6 Å². The van der Waals surface area contributed by atoms with Crippen LogP contribution >= 0.6 is 0 Å². The molecule has 33 heavy (non-hydrogen) atoms. The molecular weight excluding hydrogens is 454 g/mol. The molecule has 1 N–H and O–H groups in total. The summed E-state index contributed by atoms with van der Waals surface area (Å²) in [7, 11) is -1.62. The van der Waals surface area contributed by atoms with E-state index in [4.69, 9.17) is 37.3 Å². The monoisotopic (exact) mass is 481 g/mol. The Morgan fingerprint density at radius 3 is 2.09 bits per heavy atom. The fourth-order valence-corrected chi connectivity index (χ4v) is 2.95. The van der Waals surface area contributed by atoms with E-state index in [0.717, 1.165) is 58.7 Å². The highest BCUT2D eigenvalue weighted by Gasteiger charge is 2.10. The second kappa shape index (κ2) is 12.5. The fraction of sp³-hybridized carbons (Fsp3) is 0.348. The van der Waals surface area contributed by atoms with E-state index < -0.39 is 10.2 Å². The number of nitrogens with one attached hydrogen (secondary N) is 1. The van der Waals surface area contributed by atoms with Crippen molar-refractivity contribution in [2.75, 3.05) is 27.4 Å². The Labute approximate surface area is 194 Å². The molecule has 0 radical (unpaired) electrons. The number of hydrogen-bond donors (Lipinski definition) is 1. The lowest BCUT2D eigenvalue weighted by Crippen LogP contribution is -2.76. The van der Waals surface area contributed by atoms with Gasteiger partial charge in [-0.25, -0.2) is 23.6 Å². The molecule has 0 spiro atoms. The molecule has 0 saturated carbocycles. The van der Waals surface area contributed by atoms with E-state index in [-0.39, 0.29) is 6.10 Å². The minimum Gasteiger partial charge on any atom is -0.497 e. The highest BCUT2D eigenvalue weighted by atomic mass is 35.7. The van der Waals surface area contributed by atoms with Crippen LogP contribution in [0.2, 0.25) is 0 Å². The summed E-state index contributed by atoms with van der Waals surface area (Å²) in [6, 6.07) is 15.7. The molecule has 180 valence electrons. The van der Waals surface area contributed by atoms with Crippen LogP contribution in [0.15, 0.2) is 52.9 Å². The molecule has 9 nitrogen and oxygen atoms in total. The van der Waals surface area contributed by atoms with Gasteiger partial charge in [-0.05, 0) is 56.3 Å². The zero-order valence-electron chi connectivity index (χ0n) is 19.0. The molecule has 2 aromatic carbocycles. The Morgan fingerprint density at radius 2 is 1.52 bits per heavy atom. The molecule has 0 atom stereocenters. The number of hydrogen-bond acceptors (Lipinski definition) is 8. The van der Waals surface area contributed by atoms with Crippen LogP contribution in [-0.4, -0.2) is 33.5 Å². The minimum atomic E-state index is -4.94. The fourth-order valence-electron chi connectivity index (χ4n) is 2.95. The van der Waals surface area contributed by atoms with Crippen LogP contribution in [0.25, 0.3) is 22.3 Å². The smallest absolute Gasteiger partial charge is 0.213 e. The van der Waals surface area contributed by atoms with Crippen molar-refractivity contribution in [1.82, 2.24) is 0 Å². The van der Waals surface area contributed by atoms with E-state index in [1.54, 1.807) is 14.2 Å². The summed E-state index contributed by atoms with van der Waals surface area (Å²) in [6.45, 7) is 5.64. The Morgan fingerprint density at radius 1 is 0.909 bits per heavy atom. The second-order valence-electron chi connectivity index (χ2n) is 7.19. The van der Waals surface area contributed by atoms with Crippen molar-refractivity contribution in [3.8, 4) is 22.8 Å². The number of benzene rings is 2. The van der Waals surface area contributed by atoms with Crippen molar-refractivity contribution < 1.29 is 52.5 Å². The Kier molecular flexibility index (Phi) is 10.1. The van der Waals surface area contributed by atoms with E-state index >= 15 is 0 Å². The van der Waals surface area contributed by atoms with Gasteiger partial charge in [0.05, 0.1) is 38.4 Å². The Hall–Kier alpha value is -2.66. The molecule has 10 heteroatoms. The van der Waals surface area contributed by atoms with E-state index in [1.807, 2.05) is 62.4 Å². The highest BCUT2D eigenvalue weighted by Crippen LogP contribution is 2.25. The summed E-state index contributed by atoms with van der Waals surface area (Å²) in [5.41, 5.74) is 1.79. The predicted molar refractivity (Wildman–Crippen MR) is 109 cm³/mol. The largest absolute Gasteiger partial charge is 0.497 e. The molecule has 0 aliphatic rings. The molecule has 0 saturated heterocycles. The molecule has 3 rings (SSSR count). The quantitative estimate of drug-likeness (QED) is 0.369. The zero-order valence-corrected chi connectivity index (χ0v) is 19.7. The van der Waals surface area contributed by atoms with Gasteiger partial charge >= 0.3 is 0 Å². The molecule has 0 amide bonds. The molecule has 0 bridgehead atoms. The van der Waals surface area contributed by atoms with Crippen molar-refractivity contribution in [2.24, 2.45) is 0 Å². The van der Waals surface area contributed by atoms with E-state index in [2.05, 4.69) is 4.99 Å². The Balaban J connectivity index is 0.000000696. The average molecular weight is 482 g/mol. The van der Waals surface area contributed by atoms with Crippen LogP contribution in [0.1, 0.15) is 20.3 Å². The molecule has 0 aliphatic carbocycles. The van der Waals surface area contributed by atoms with E-state index in [0.29, 0.717) is 0 Å². The molecule has 3 aromatic rings. The van der Waals surface area contributed by atoms with Gasteiger partial charge in [-0.2, -0.15) is 0 Å². The Bertz CT molecular complexity index is 1070. The van der Waals surface area contributed by atoms with Gasteiger partial charge in [0.25, 0.3) is 0 Å². The highest BCUT2D eigenvalue weighted by molar-refractivity contribution is 5.79. The molecule has 1 aromatic heterocycles. The SMILES string of the molecule is COc1ccc(-c2cc(=[NH+]CCCOC(C)C)c3cc(OC)ccc3o2)cc1.[O-][Cl+3]([O-])([O-])[O-]. The summed E-state index contributed by atoms with van der Waals surface area (Å²) in [6.07, 6.45) is 1.18. The number of methoxy groups -OCH3 is 2. The van der Waals surface area contributed by atoms with Crippen molar-refractivity contribution in [1.29, 1.82) is 0 Å². The van der Waals surface area contributed by atoms with Crippen molar-refractivity contribution in [3.63, 3.8) is 0 Å². The molecule has 0 unspecified atom stereocenters. The van der Waals surface area contributed by atoms with Crippen molar-refractivity contribution in [2.45, 2.75) is 26.4 Å². The maximum absolute atomic E-state index is 8.49. The van der Waals surface area contributed by atoms with Crippen LogP contribution in [-0.2, 0) is 4.74 Å². The third-order valence-corrected chi connectivity index (χ3v) is 4.43. The lowest BCUT2D eigenvalue weighted by Gasteiger charge is -2.17. The van der Waals surface area contributed by atoms with Crippen molar-refractivity contribution in [3.05, 3.63) is 53.9 Å². The third kappa shape index (κ3) is 9.39. The predicted octanol–water partition coefficient (Wildman–Crippen LogP) is -1.84. The second-order valence-corrected chi connectivity index (χ2v) is 7.95. The first-order chi connectivity index (χ1) is 15.6. The minimum absolute atomic E-state index is 0.252. The van der Waals surface area contributed by atoms with Gasteiger partial charge in [0.1, 0.15) is 29.4 Å². The maximum Gasteiger partial charge on any atom is 0.213 e. The molecule has 1 heterocycles. The maximum atomic E-state index is 8.49. The van der Waals surface area contributed by atoms with Crippen LogP contribution in [0, 0.1) is 10.2 Å². The van der Waals surface area contributed by atoms with Gasteiger partial charge in [0.2, 0.25) is 5.36 Å². The zero-order chi connectivity index (χ0) is 24.4. The number of fused-ring (bicyclic) bond motifs is 1. The van der Waals surface area contributed by atoms with Gasteiger partial charge in [0.15, 0.2) is 0 Å². The average Bonchev–Trinajstić information content (AvgIpc) is 2.77. The van der Waals surface area contributed by atoms with Gasteiger partial charge in [-0.15, -0.1) is 10.2 Å². The molecular formula is C23H28ClNO8.